The number of dihydropyridines is 1. The average Bonchev–Trinajstić information content (AvgIpc) is 2.03. The van der Waals surface area contributed by atoms with Gasteiger partial charge in [-0.05, 0) is 13.0 Å². The van der Waals surface area contributed by atoms with Crippen molar-refractivity contribution in [3.05, 3.63) is 44.8 Å². The zero-order valence-corrected chi connectivity index (χ0v) is 6.37. The van der Waals surface area contributed by atoms with Crippen LogP contribution in [0.4, 0.5) is 0 Å². The molecule has 0 amide bonds. The highest BCUT2D eigenvalue weighted by Gasteiger charge is 2.20. The highest BCUT2D eigenvalue weighted by Crippen LogP contribution is 2.15. The van der Waals surface area contributed by atoms with Crippen molar-refractivity contribution in [3.8, 4) is 0 Å². The SMILES string of the molecule is CC1=C([N+](=O)[O-])C(=C=[N-])NC=C1. The molecule has 12 heavy (non-hydrogen) atoms. The van der Waals surface area contributed by atoms with Crippen LogP contribution in [-0.4, -0.2) is 10.8 Å². The minimum Gasteiger partial charge on any atom is -0.761 e. The molecule has 1 heterocycles. The molecule has 0 aromatic rings. The molecule has 5 heteroatoms. The fourth-order valence-electron chi connectivity index (χ4n) is 0.915. The average molecular weight is 164 g/mol. The van der Waals surface area contributed by atoms with E-state index >= 15 is 0 Å². The molecule has 1 aliphatic heterocycles. The Balaban J connectivity index is 3.25. The second-order valence-corrected chi connectivity index (χ2v) is 2.25. The molecule has 0 saturated carbocycles. The number of hydrogen-bond acceptors (Lipinski definition) is 3. The zero-order valence-electron chi connectivity index (χ0n) is 6.37. The van der Waals surface area contributed by atoms with Crippen molar-refractivity contribution < 1.29 is 4.92 Å². The Labute approximate surface area is 68.7 Å². The van der Waals surface area contributed by atoms with Crippen LogP contribution < -0.4 is 5.32 Å². The van der Waals surface area contributed by atoms with Gasteiger partial charge in [-0.15, -0.1) is 0 Å². The first-order valence-electron chi connectivity index (χ1n) is 3.22. The molecule has 0 fully saturated rings. The van der Waals surface area contributed by atoms with Crippen molar-refractivity contribution in [2.45, 2.75) is 6.92 Å². The maximum Gasteiger partial charge on any atom is 0.301 e. The predicted molar refractivity (Wildman–Crippen MR) is 43.8 cm³/mol. The van der Waals surface area contributed by atoms with Crippen molar-refractivity contribution in [2.24, 2.45) is 0 Å². The number of nitrogens with one attached hydrogen (secondary N) is 1. The van der Waals surface area contributed by atoms with E-state index in [0.29, 0.717) is 5.57 Å². The molecule has 1 rings (SSSR count). The number of allylic oxidation sites excluding steroid dienone is 2. The molecular weight excluding hydrogens is 158 g/mol. The third kappa shape index (κ3) is 1.26. The van der Waals surface area contributed by atoms with E-state index in [0.717, 1.165) is 0 Å². The topological polar surface area (TPSA) is 77.5 Å². The minimum absolute atomic E-state index is 0.0139. The van der Waals surface area contributed by atoms with E-state index in [1.807, 2.05) is 0 Å². The lowest BCUT2D eigenvalue weighted by atomic mass is 10.1. The van der Waals surface area contributed by atoms with Crippen LogP contribution in [0.1, 0.15) is 6.92 Å². The van der Waals surface area contributed by atoms with Gasteiger partial charge in [0.25, 0.3) is 0 Å². The maximum atomic E-state index is 10.4. The van der Waals surface area contributed by atoms with E-state index < -0.39 is 4.92 Å². The lowest BCUT2D eigenvalue weighted by Gasteiger charge is -2.09. The number of rotatable bonds is 1. The van der Waals surface area contributed by atoms with Crippen LogP contribution in [0.25, 0.3) is 5.41 Å². The Hall–Kier alpha value is -1.87. The molecule has 0 radical (unpaired) electrons. The molecule has 1 aliphatic rings. The molecule has 0 saturated heterocycles. The van der Waals surface area contributed by atoms with E-state index in [1.165, 1.54) is 6.20 Å². The summed E-state index contributed by atoms with van der Waals surface area (Å²) in [5.41, 5.74) is 0.315. The highest BCUT2D eigenvalue weighted by molar-refractivity contribution is 5.67. The van der Waals surface area contributed by atoms with Crippen LogP contribution in [0.15, 0.2) is 29.2 Å². The first-order chi connectivity index (χ1) is 5.66. The Bertz CT molecular complexity index is 335. The van der Waals surface area contributed by atoms with Gasteiger partial charge in [-0.25, -0.2) is 5.87 Å². The second kappa shape index (κ2) is 3.02. The Morgan fingerprint density at radius 1 is 1.75 bits per heavy atom. The van der Waals surface area contributed by atoms with Gasteiger partial charge in [0.1, 0.15) is 5.70 Å². The Morgan fingerprint density at radius 3 is 2.83 bits per heavy atom. The normalized spacial score (nSPS) is 15.6. The Kier molecular flexibility index (Phi) is 2.07. The summed E-state index contributed by atoms with van der Waals surface area (Å²) < 4.78 is 0. The third-order valence-electron chi connectivity index (χ3n) is 1.47. The van der Waals surface area contributed by atoms with Gasteiger partial charge in [0.15, 0.2) is 0 Å². The van der Waals surface area contributed by atoms with Gasteiger partial charge in [-0.1, -0.05) is 0 Å². The van der Waals surface area contributed by atoms with E-state index in [9.17, 15) is 10.1 Å². The zero-order chi connectivity index (χ0) is 9.14. The van der Waals surface area contributed by atoms with Crippen LogP contribution in [0, 0.1) is 10.1 Å². The largest absolute Gasteiger partial charge is 0.761 e. The second-order valence-electron chi connectivity index (χ2n) is 2.25. The molecule has 0 unspecified atom stereocenters. The summed E-state index contributed by atoms with van der Waals surface area (Å²) in [6.07, 6.45) is 3.06. The fourth-order valence-corrected chi connectivity index (χ4v) is 0.915. The third-order valence-corrected chi connectivity index (χ3v) is 1.47. The van der Waals surface area contributed by atoms with Crippen LogP contribution in [0.3, 0.4) is 0 Å². The molecule has 0 aromatic heterocycles. The first kappa shape index (κ1) is 8.23. The summed E-state index contributed by atoms with van der Waals surface area (Å²) in [4.78, 5) is 9.87. The molecule has 62 valence electrons. The van der Waals surface area contributed by atoms with Gasteiger partial charge in [0.05, 0.1) is 4.92 Å². The molecule has 0 spiro atoms. The van der Waals surface area contributed by atoms with Gasteiger partial charge in [-0.3, -0.25) is 10.1 Å². The number of nitro groups is 1. The molecule has 0 atom stereocenters. The van der Waals surface area contributed by atoms with E-state index in [2.05, 4.69) is 5.32 Å². The van der Waals surface area contributed by atoms with Crippen molar-refractivity contribution in [1.82, 2.24) is 5.32 Å². The van der Waals surface area contributed by atoms with Gasteiger partial charge < -0.3 is 10.7 Å². The molecule has 0 aliphatic carbocycles. The predicted octanol–water partition coefficient (Wildman–Crippen LogP) is 0.777. The summed E-state index contributed by atoms with van der Waals surface area (Å²) >= 11 is 0. The highest BCUT2D eigenvalue weighted by atomic mass is 16.6. The van der Waals surface area contributed by atoms with Crippen LogP contribution >= 0.6 is 0 Å². The van der Waals surface area contributed by atoms with E-state index in [-0.39, 0.29) is 11.4 Å². The minimum atomic E-state index is -0.565. The van der Waals surface area contributed by atoms with Crippen LogP contribution in [-0.2, 0) is 0 Å². The van der Waals surface area contributed by atoms with Crippen LogP contribution in [0.5, 0.6) is 0 Å². The summed E-state index contributed by atoms with van der Waals surface area (Å²) in [5, 5.41) is 21.4. The summed E-state index contributed by atoms with van der Waals surface area (Å²) in [5.74, 6) is 1.72. The van der Waals surface area contributed by atoms with Crippen molar-refractivity contribution in [3.63, 3.8) is 0 Å². The number of hydrogen-bond donors (Lipinski definition) is 1. The smallest absolute Gasteiger partial charge is 0.301 e. The van der Waals surface area contributed by atoms with Gasteiger partial charge in [-0.2, -0.15) is 0 Å². The monoisotopic (exact) mass is 164 g/mol. The fraction of sp³-hybridized carbons (Fsp3) is 0.143. The van der Waals surface area contributed by atoms with Gasteiger partial charge in [0.2, 0.25) is 0 Å². The molecule has 0 aromatic carbocycles. The van der Waals surface area contributed by atoms with E-state index in [1.54, 1.807) is 18.9 Å². The van der Waals surface area contributed by atoms with Crippen molar-refractivity contribution in [1.29, 1.82) is 0 Å². The standard InChI is InChI=1S/C7H6N3O2/c1-5-2-3-9-6(4-8)7(5)10(11)12/h2-3,9H,1H3/q-1. The van der Waals surface area contributed by atoms with Gasteiger partial charge >= 0.3 is 5.70 Å². The van der Waals surface area contributed by atoms with Crippen molar-refractivity contribution in [2.75, 3.05) is 0 Å². The summed E-state index contributed by atoms with van der Waals surface area (Å²) in [7, 11) is 0. The van der Waals surface area contributed by atoms with Crippen molar-refractivity contribution >= 4 is 5.87 Å². The lowest BCUT2D eigenvalue weighted by Crippen LogP contribution is -2.18. The van der Waals surface area contributed by atoms with E-state index in [4.69, 9.17) is 5.41 Å². The van der Waals surface area contributed by atoms with Crippen LogP contribution in [0.2, 0.25) is 0 Å². The summed E-state index contributed by atoms with van der Waals surface area (Å²) in [6, 6.07) is 0. The lowest BCUT2D eigenvalue weighted by molar-refractivity contribution is -0.422. The number of nitrogens with zero attached hydrogens (tertiary/aromatic N) is 2. The quantitative estimate of drug-likeness (QED) is 0.353. The maximum absolute atomic E-state index is 10.4. The molecule has 0 bridgehead atoms. The molecular formula is C7H6N3O2-. The molecule has 5 nitrogen and oxygen atoms in total. The first-order valence-corrected chi connectivity index (χ1v) is 3.22. The Morgan fingerprint density at radius 2 is 2.42 bits per heavy atom. The van der Waals surface area contributed by atoms with Gasteiger partial charge in [0, 0.05) is 11.8 Å². The summed E-state index contributed by atoms with van der Waals surface area (Å²) in [6.45, 7) is 1.59. The molecule has 1 N–H and O–H groups in total.